The first-order valence-corrected chi connectivity index (χ1v) is 7.93. The summed E-state index contributed by atoms with van der Waals surface area (Å²) in [6.45, 7) is 0.566. The molecule has 2 aliphatic heterocycles. The first kappa shape index (κ1) is 13.6. The number of likely N-dealkylation sites (tertiary alicyclic amines) is 1. The second-order valence-electron chi connectivity index (χ2n) is 6.55. The molecule has 1 saturated carbocycles. The first-order valence-electron chi connectivity index (χ1n) is 7.93. The maximum atomic E-state index is 12.8. The van der Waals surface area contributed by atoms with Crippen LogP contribution in [-0.2, 0) is 16.0 Å². The Labute approximate surface area is 128 Å². The van der Waals surface area contributed by atoms with Gasteiger partial charge >= 0.3 is 5.97 Å². The van der Waals surface area contributed by atoms with Gasteiger partial charge in [0.05, 0.1) is 0 Å². The minimum absolute atomic E-state index is 0.116. The Bertz CT molecular complexity index is 604. The summed E-state index contributed by atoms with van der Waals surface area (Å²) in [6, 6.07) is 6.94. The molecule has 22 heavy (non-hydrogen) atoms. The summed E-state index contributed by atoms with van der Waals surface area (Å²) in [7, 11) is 0. The maximum absolute atomic E-state index is 12.8. The number of hydrogen-bond acceptors (Lipinski definition) is 3. The summed E-state index contributed by atoms with van der Waals surface area (Å²) in [5.74, 6) is 0.155. The van der Waals surface area contributed by atoms with Gasteiger partial charge in [0.2, 0.25) is 0 Å². The molecule has 1 saturated heterocycles. The molecule has 5 heteroatoms. The summed E-state index contributed by atoms with van der Waals surface area (Å²) >= 11 is 0. The first-order chi connectivity index (χ1) is 10.6. The van der Waals surface area contributed by atoms with Crippen molar-refractivity contribution in [2.45, 2.75) is 37.8 Å². The lowest BCUT2D eigenvalue weighted by atomic mass is 9.94. The van der Waals surface area contributed by atoms with E-state index in [-0.39, 0.29) is 11.8 Å². The van der Waals surface area contributed by atoms with E-state index in [2.05, 4.69) is 0 Å². The van der Waals surface area contributed by atoms with Crippen molar-refractivity contribution < 1.29 is 19.4 Å². The number of benzene rings is 1. The van der Waals surface area contributed by atoms with Crippen LogP contribution in [0.15, 0.2) is 24.3 Å². The lowest BCUT2D eigenvalue weighted by Crippen LogP contribution is -2.48. The molecule has 0 bridgehead atoms. The van der Waals surface area contributed by atoms with Gasteiger partial charge in [-0.25, -0.2) is 4.79 Å². The van der Waals surface area contributed by atoms with Crippen molar-refractivity contribution in [1.29, 1.82) is 0 Å². The van der Waals surface area contributed by atoms with Gasteiger partial charge in [-0.2, -0.15) is 0 Å². The Kier molecular flexibility index (Phi) is 3.10. The van der Waals surface area contributed by atoms with Crippen molar-refractivity contribution >= 4 is 11.9 Å². The van der Waals surface area contributed by atoms with E-state index in [0.29, 0.717) is 18.9 Å². The van der Waals surface area contributed by atoms with E-state index in [1.54, 1.807) is 4.90 Å². The maximum Gasteiger partial charge on any atom is 0.326 e. The van der Waals surface area contributed by atoms with Crippen molar-refractivity contribution in [2.24, 2.45) is 11.8 Å². The number of carboxylic acid groups (broad SMARTS) is 1. The Balaban J connectivity index is 1.55. The van der Waals surface area contributed by atoms with Crippen LogP contribution in [0.5, 0.6) is 5.75 Å². The van der Waals surface area contributed by atoms with E-state index in [1.165, 1.54) is 0 Å². The molecule has 5 nitrogen and oxygen atoms in total. The van der Waals surface area contributed by atoms with Gasteiger partial charge in [0.1, 0.15) is 11.8 Å². The van der Waals surface area contributed by atoms with Gasteiger partial charge in [-0.1, -0.05) is 24.6 Å². The molecule has 0 aromatic heterocycles. The number of ether oxygens (including phenoxy) is 1. The molecule has 4 atom stereocenters. The highest BCUT2D eigenvalue weighted by molar-refractivity contribution is 5.88. The zero-order valence-corrected chi connectivity index (χ0v) is 12.3. The molecule has 1 aromatic rings. The molecule has 2 heterocycles. The van der Waals surface area contributed by atoms with Gasteiger partial charge in [-0.05, 0) is 36.3 Å². The van der Waals surface area contributed by atoms with E-state index < -0.39 is 18.1 Å². The number of carbonyl (C=O) groups excluding carboxylic acids is 1. The highest BCUT2D eigenvalue weighted by Gasteiger charge is 2.51. The van der Waals surface area contributed by atoms with Gasteiger partial charge in [-0.3, -0.25) is 4.79 Å². The Morgan fingerprint density at radius 1 is 1.23 bits per heavy atom. The van der Waals surface area contributed by atoms with Gasteiger partial charge < -0.3 is 14.7 Å². The molecule has 1 aliphatic carbocycles. The van der Waals surface area contributed by atoms with E-state index in [1.807, 2.05) is 24.3 Å². The molecule has 0 spiro atoms. The number of nitrogens with zero attached hydrogens (tertiary/aromatic N) is 1. The van der Waals surface area contributed by atoms with Crippen molar-refractivity contribution in [3.8, 4) is 5.75 Å². The highest BCUT2D eigenvalue weighted by Crippen LogP contribution is 2.43. The number of carboxylic acids is 1. The lowest BCUT2D eigenvalue weighted by molar-refractivity contribution is -0.152. The summed E-state index contributed by atoms with van der Waals surface area (Å²) < 4.78 is 5.75. The Morgan fingerprint density at radius 2 is 2.05 bits per heavy atom. The highest BCUT2D eigenvalue weighted by atomic mass is 16.5. The second-order valence-corrected chi connectivity index (χ2v) is 6.55. The predicted molar refractivity (Wildman–Crippen MR) is 78.5 cm³/mol. The van der Waals surface area contributed by atoms with E-state index in [0.717, 1.165) is 30.6 Å². The minimum atomic E-state index is -0.877. The summed E-state index contributed by atoms with van der Waals surface area (Å²) in [4.78, 5) is 26.0. The minimum Gasteiger partial charge on any atom is -0.480 e. The lowest BCUT2D eigenvalue weighted by Gasteiger charge is -2.26. The largest absolute Gasteiger partial charge is 0.480 e. The number of carbonyl (C=O) groups is 2. The van der Waals surface area contributed by atoms with Crippen molar-refractivity contribution in [1.82, 2.24) is 4.90 Å². The number of para-hydroxylation sites is 1. The molecule has 1 N–H and O–H groups in total. The molecular weight excluding hydrogens is 282 g/mol. The van der Waals surface area contributed by atoms with Crippen LogP contribution >= 0.6 is 0 Å². The van der Waals surface area contributed by atoms with Gasteiger partial charge in [0.25, 0.3) is 5.91 Å². The fourth-order valence-corrected chi connectivity index (χ4v) is 4.35. The summed E-state index contributed by atoms with van der Waals surface area (Å²) in [5, 5.41) is 9.56. The fraction of sp³-hybridized carbons (Fsp3) is 0.529. The van der Waals surface area contributed by atoms with Crippen LogP contribution in [0.2, 0.25) is 0 Å². The smallest absolute Gasteiger partial charge is 0.326 e. The number of hydrogen-bond donors (Lipinski definition) is 1. The van der Waals surface area contributed by atoms with Gasteiger partial charge in [0, 0.05) is 13.0 Å². The Morgan fingerprint density at radius 3 is 2.82 bits per heavy atom. The normalized spacial score (nSPS) is 32.5. The number of amides is 1. The van der Waals surface area contributed by atoms with E-state index in [4.69, 9.17) is 4.74 Å². The molecule has 1 aromatic carbocycles. The summed E-state index contributed by atoms with van der Waals surface area (Å²) in [5.41, 5.74) is 1.02. The second kappa shape index (κ2) is 5.00. The third-order valence-electron chi connectivity index (χ3n) is 5.35. The van der Waals surface area contributed by atoms with Crippen LogP contribution in [0.3, 0.4) is 0 Å². The summed E-state index contributed by atoms with van der Waals surface area (Å²) in [6.07, 6.45) is 2.99. The fourth-order valence-electron chi connectivity index (χ4n) is 4.35. The quantitative estimate of drug-likeness (QED) is 0.903. The van der Waals surface area contributed by atoms with Crippen molar-refractivity contribution in [2.75, 3.05) is 6.54 Å². The van der Waals surface area contributed by atoms with Crippen LogP contribution in [0.25, 0.3) is 0 Å². The van der Waals surface area contributed by atoms with Crippen molar-refractivity contribution in [3.63, 3.8) is 0 Å². The SMILES string of the molecule is O=C(O)C1C2CCCC2CN1C(=O)C1Cc2ccccc2O1. The van der Waals surface area contributed by atoms with Crippen LogP contribution < -0.4 is 4.74 Å². The third kappa shape index (κ3) is 1.99. The molecule has 4 unspecified atom stereocenters. The van der Waals surface area contributed by atoms with E-state index in [9.17, 15) is 14.7 Å². The van der Waals surface area contributed by atoms with Gasteiger partial charge in [-0.15, -0.1) is 0 Å². The van der Waals surface area contributed by atoms with Crippen LogP contribution in [-0.4, -0.2) is 40.6 Å². The average molecular weight is 301 g/mol. The zero-order valence-electron chi connectivity index (χ0n) is 12.3. The topological polar surface area (TPSA) is 66.8 Å². The molecule has 4 rings (SSSR count). The predicted octanol–water partition coefficient (Wildman–Crippen LogP) is 1.70. The molecule has 2 fully saturated rings. The number of fused-ring (bicyclic) bond motifs is 2. The van der Waals surface area contributed by atoms with Crippen LogP contribution in [0.1, 0.15) is 24.8 Å². The molecule has 3 aliphatic rings. The third-order valence-corrected chi connectivity index (χ3v) is 5.35. The molecular formula is C17H19NO4. The molecule has 0 radical (unpaired) electrons. The number of aliphatic carboxylic acids is 1. The number of rotatable bonds is 2. The van der Waals surface area contributed by atoms with Crippen LogP contribution in [0, 0.1) is 11.8 Å². The van der Waals surface area contributed by atoms with E-state index >= 15 is 0 Å². The molecule has 116 valence electrons. The standard InChI is InChI=1S/C17H19NO4/c19-16(14-8-10-4-1-2-7-13(10)22-14)18-9-11-5-3-6-12(11)15(18)17(20)21/h1-2,4,7,11-12,14-15H,3,5-6,8-9H2,(H,20,21). The van der Waals surface area contributed by atoms with Crippen molar-refractivity contribution in [3.05, 3.63) is 29.8 Å². The zero-order chi connectivity index (χ0) is 15.3. The Hall–Kier alpha value is -2.04. The van der Waals surface area contributed by atoms with Gasteiger partial charge in [0.15, 0.2) is 6.10 Å². The van der Waals surface area contributed by atoms with Crippen LogP contribution in [0.4, 0.5) is 0 Å². The monoisotopic (exact) mass is 301 g/mol. The molecule has 1 amide bonds. The average Bonchev–Trinajstić information content (AvgIpc) is 3.18.